The van der Waals surface area contributed by atoms with E-state index in [1.165, 1.54) is 6.33 Å². The number of hydrogen-bond donors (Lipinski definition) is 0. The first-order valence-corrected chi connectivity index (χ1v) is 9.12. The number of carbonyl (C=O) groups is 1. The molecule has 1 aliphatic heterocycles. The van der Waals surface area contributed by atoms with Gasteiger partial charge in [-0.2, -0.15) is 0 Å². The zero-order valence-electron chi connectivity index (χ0n) is 14.5. The smallest absolute Gasteiger partial charge is 0.253 e. The molecule has 4 rings (SSSR count). The maximum atomic E-state index is 12.7. The Hall–Kier alpha value is -2.93. The van der Waals surface area contributed by atoms with Gasteiger partial charge in [-0.3, -0.25) is 4.79 Å². The van der Waals surface area contributed by atoms with Crippen LogP contribution in [0.15, 0.2) is 54.9 Å². The molecule has 0 bridgehead atoms. The Balaban J connectivity index is 1.33. The molecule has 0 spiro atoms. The molecule has 0 N–H and O–H groups in total. The zero-order chi connectivity index (χ0) is 18.6. The van der Waals surface area contributed by atoms with Crippen LogP contribution in [0.1, 0.15) is 23.2 Å². The van der Waals surface area contributed by atoms with E-state index in [1.54, 1.807) is 16.8 Å². The minimum absolute atomic E-state index is 0.0307. The molecule has 3 aromatic rings. The average molecular weight is 384 g/mol. The van der Waals surface area contributed by atoms with Crippen molar-refractivity contribution in [1.82, 2.24) is 25.1 Å². The average Bonchev–Trinajstić information content (AvgIpc) is 3.25. The normalized spacial score (nSPS) is 14.9. The molecule has 0 unspecified atom stereocenters. The molecule has 0 atom stereocenters. The van der Waals surface area contributed by atoms with Crippen molar-refractivity contribution in [3.8, 4) is 11.4 Å². The van der Waals surface area contributed by atoms with Crippen molar-refractivity contribution in [3.05, 3.63) is 65.4 Å². The Kier molecular flexibility index (Phi) is 5.02. The molecule has 27 heavy (non-hydrogen) atoms. The highest BCUT2D eigenvalue weighted by molar-refractivity contribution is 6.30. The van der Waals surface area contributed by atoms with Crippen molar-refractivity contribution in [2.75, 3.05) is 13.1 Å². The van der Waals surface area contributed by atoms with Gasteiger partial charge in [0.15, 0.2) is 0 Å². The Labute approximate surface area is 161 Å². The van der Waals surface area contributed by atoms with Gasteiger partial charge in [0.1, 0.15) is 18.2 Å². The maximum Gasteiger partial charge on any atom is 0.253 e. The molecule has 1 saturated heterocycles. The molecular weight excluding hydrogens is 366 g/mol. The van der Waals surface area contributed by atoms with E-state index in [4.69, 9.17) is 16.3 Å². The highest BCUT2D eigenvalue weighted by Gasteiger charge is 2.24. The Morgan fingerprint density at radius 1 is 1.04 bits per heavy atom. The number of ether oxygens (including phenoxy) is 1. The van der Waals surface area contributed by atoms with Gasteiger partial charge >= 0.3 is 0 Å². The van der Waals surface area contributed by atoms with Gasteiger partial charge in [-0.1, -0.05) is 11.6 Å². The lowest BCUT2D eigenvalue weighted by Crippen LogP contribution is -2.41. The topological polar surface area (TPSA) is 73.1 Å². The molecule has 0 aliphatic carbocycles. The van der Waals surface area contributed by atoms with Crippen molar-refractivity contribution >= 4 is 17.5 Å². The van der Waals surface area contributed by atoms with Gasteiger partial charge in [0.2, 0.25) is 0 Å². The van der Waals surface area contributed by atoms with E-state index in [2.05, 4.69) is 15.5 Å². The minimum atomic E-state index is 0.0307. The predicted molar refractivity (Wildman–Crippen MR) is 100 cm³/mol. The number of benzene rings is 2. The van der Waals surface area contributed by atoms with E-state index in [-0.39, 0.29) is 12.0 Å². The summed E-state index contributed by atoms with van der Waals surface area (Å²) in [5.41, 5.74) is 1.47. The molecule has 7 nitrogen and oxygen atoms in total. The molecule has 138 valence electrons. The van der Waals surface area contributed by atoms with Crippen molar-refractivity contribution < 1.29 is 9.53 Å². The number of hydrogen-bond acceptors (Lipinski definition) is 5. The van der Waals surface area contributed by atoms with Gasteiger partial charge in [-0.25, -0.2) is 4.68 Å². The van der Waals surface area contributed by atoms with Crippen molar-refractivity contribution in [2.45, 2.75) is 18.9 Å². The second kappa shape index (κ2) is 7.75. The number of nitrogens with zero attached hydrogens (tertiary/aromatic N) is 5. The third-order valence-corrected chi connectivity index (χ3v) is 4.83. The lowest BCUT2D eigenvalue weighted by molar-refractivity contribution is 0.0595. The summed E-state index contributed by atoms with van der Waals surface area (Å²) in [7, 11) is 0. The minimum Gasteiger partial charge on any atom is -0.490 e. The summed E-state index contributed by atoms with van der Waals surface area (Å²) < 4.78 is 7.53. The molecule has 0 saturated carbocycles. The van der Waals surface area contributed by atoms with Gasteiger partial charge in [-0.05, 0) is 59.0 Å². The summed E-state index contributed by atoms with van der Waals surface area (Å²) in [5.74, 6) is 0.838. The monoisotopic (exact) mass is 383 g/mol. The molecule has 1 fully saturated rings. The van der Waals surface area contributed by atoms with Crippen LogP contribution in [0.25, 0.3) is 5.69 Å². The van der Waals surface area contributed by atoms with Crippen LogP contribution in [0, 0.1) is 0 Å². The summed E-state index contributed by atoms with van der Waals surface area (Å²) in [6.45, 7) is 1.34. The van der Waals surface area contributed by atoms with E-state index in [0.29, 0.717) is 23.7 Å². The Bertz CT molecular complexity index is 889. The molecule has 1 aromatic heterocycles. The number of aromatic nitrogens is 4. The summed E-state index contributed by atoms with van der Waals surface area (Å²) in [6, 6.07) is 14.6. The highest BCUT2D eigenvalue weighted by Crippen LogP contribution is 2.22. The van der Waals surface area contributed by atoms with E-state index in [0.717, 1.165) is 24.3 Å². The van der Waals surface area contributed by atoms with Crippen LogP contribution < -0.4 is 4.74 Å². The van der Waals surface area contributed by atoms with Crippen LogP contribution in [0.2, 0.25) is 5.02 Å². The van der Waals surface area contributed by atoms with E-state index < -0.39 is 0 Å². The Morgan fingerprint density at radius 2 is 1.74 bits per heavy atom. The number of rotatable bonds is 4. The quantitative estimate of drug-likeness (QED) is 0.692. The van der Waals surface area contributed by atoms with E-state index in [1.807, 2.05) is 41.3 Å². The van der Waals surface area contributed by atoms with Crippen molar-refractivity contribution in [3.63, 3.8) is 0 Å². The second-order valence-electron chi connectivity index (χ2n) is 6.36. The standard InChI is InChI=1S/C19H18ClN5O2/c20-15-3-7-17(8-4-15)27-18-9-11-24(12-10-18)19(26)14-1-5-16(6-2-14)25-13-21-22-23-25/h1-8,13,18H,9-12H2. The number of piperidine rings is 1. The largest absolute Gasteiger partial charge is 0.490 e. The van der Waals surface area contributed by atoms with Crippen LogP contribution in [-0.2, 0) is 0 Å². The number of carbonyl (C=O) groups excluding carboxylic acids is 1. The second-order valence-corrected chi connectivity index (χ2v) is 6.80. The van der Waals surface area contributed by atoms with Crippen LogP contribution in [0.3, 0.4) is 0 Å². The lowest BCUT2D eigenvalue weighted by Gasteiger charge is -2.32. The van der Waals surface area contributed by atoms with Crippen LogP contribution >= 0.6 is 11.6 Å². The summed E-state index contributed by atoms with van der Waals surface area (Å²) in [6.07, 6.45) is 3.23. The molecular formula is C19H18ClN5O2. The van der Waals surface area contributed by atoms with Crippen molar-refractivity contribution in [1.29, 1.82) is 0 Å². The summed E-state index contributed by atoms with van der Waals surface area (Å²) >= 11 is 5.89. The van der Waals surface area contributed by atoms with Gasteiger partial charge in [-0.15, -0.1) is 5.10 Å². The van der Waals surface area contributed by atoms with Gasteiger partial charge in [0.05, 0.1) is 5.69 Å². The van der Waals surface area contributed by atoms with E-state index in [9.17, 15) is 4.79 Å². The third-order valence-electron chi connectivity index (χ3n) is 4.57. The fourth-order valence-electron chi connectivity index (χ4n) is 3.10. The number of tetrazole rings is 1. The van der Waals surface area contributed by atoms with Crippen LogP contribution in [0.4, 0.5) is 0 Å². The van der Waals surface area contributed by atoms with Crippen LogP contribution in [-0.4, -0.2) is 50.2 Å². The van der Waals surface area contributed by atoms with Gasteiger partial charge < -0.3 is 9.64 Å². The third kappa shape index (κ3) is 4.09. The van der Waals surface area contributed by atoms with Crippen LogP contribution in [0.5, 0.6) is 5.75 Å². The maximum absolute atomic E-state index is 12.7. The molecule has 8 heteroatoms. The zero-order valence-corrected chi connectivity index (χ0v) is 15.3. The summed E-state index contributed by atoms with van der Waals surface area (Å²) in [4.78, 5) is 14.6. The fraction of sp³-hybridized carbons (Fsp3) is 0.263. The molecule has 0 radical (unpaired) electrons. The number of likely N-dealkylation sites (tertiary alicyclic amines) is 1. The predicted octanol–water partition coefficient (Wildman–Crippen LogP) is 3.00. The molecule has 2 heterocycles. The fourth-order valence-corrected chi connectivity index (χ4v) is 3.23. The van der Waals surface area contributed by atoms with Gasteiger partial charge in [0.25, 0.3) is 5.91 Å². The molecule has 2 aromatic carbocycles. The molecule has 1 amide bonds. The Morgan fingerprint density at radius 3 is 2.37 bits per heavy atom. The first-order chi connectivity index (χ1) is 13.2. The van der Waals surface area contributed by atoms with Crippen molar-refractivity contribution in [2.24, 2.45) is 0 Å². The van der Waals surface area contributed by atoms with E-state index >= 15 is 0 Å². The highest BCUT2D eigenvalue weighted by atomic mass is 35.5. The lowest BCUT2D eigenvalue weighted by atomic mass is 10.1. The first-order valence-electron chi connectivity index (χ1n) is 8.74. The summed E-state index contributed by atoms with van der Waals surface area (Å²) in [5, 5.41) is 11.7. The number of halogens is 1. The molecule has 1 aliphatic rings. The first kappa shape index (κ1) is 17.5. The van der Waals surface area contributed by atoms with Gasteiger partial charge in [0, 0.05) is 36.5 Å². The SMILES string of the molecule is O=C(c1ccc(-n2cnnn2)cc1)N1CCC(Oc2ccc(Cl)cc2)CC1. The number of amides is 1.